The summed E-state index contributed by atoms with van der Waals surface area (Å²) in [5.74, 6) is -1.40. The molecule has 0 amide bonds. The number of nitrogens with zero attached hydrogens (tertiary/aromatic N) is 2. The molecule has 86 valence electrons. The third-order valence-corrected chi connectivity index (χ3v) is 1.51. The maximum Gasteiger partial charge on any atom is 0.455 e. The molecule has 5 nitrogen and oxygen atoms in total. The smallest absolute Gasteiger partial charge is 0.396 e. The zero-order valence-corrected chi connectivity index (χ0v) is 7.71. The number of hydrogen-bond acceptors (Lipinski definition) is 5. The number of aliphatic hydroxyl groups excluding tert-OH is 1. The van der Waals surface area contributed by atoms with Gasteiger partial charge < -0.3 is 14.9 Å². The van der Waals surface area contributed by atoms with Crippen molar-refractivity contribution in [3.63, 3.8) is 0 Å². The fourth-order valence-electron chi connectivity index (χ4n) is 0.841. The Kier molecular flexibility index (Phi) is 4.04. The van der Waals surface area contributed by atoms with E-state index in [2.05, 4.69) is 20.0 Å². The van der Waals surface area contributed by atoms with Crippen LogP contribution in [0.4, 0.5) is 13.2 Å². The maximum atomic E-state index is 12.0. The van der Waals surface area contributed by atoms with Gasteiger partial charge >= 0.3 is 6.18 Å². The van der Waals surface area contributed by atoms with E-state index in [0.717, 1.165) is 0 Å². The van der Waals surface area contributed by atoms with E-state index in [9.17, 15) is 13.2 Å². The fourth-order valence-corrected chi connectivity index (χ4v) is 0.841. The minimum Gasteiger partial charge on any atom is -0.396 e. The van der Waals surface area contributed by atoms with E-state index in [-0.39, 0.29) is 19.0 Å². The summed E-state index contributed by atoms with van der Waals surface area (Å²) < 4.78 is 40.4. The molecule has 0 bridgehead atoms. The molecule has 0 aromatic carbocycles. The van der Waals surface area contributed by atoms with Crippen molar-refractivity contribution in [2.24, 2.45) is 0 Å². The second kappa shape index (κ2) is 5.08. The molecule has 0 atom stereocenters. The largest absolute Gasteiger partial charge is 0.455 e. The summed E-state index contributed by atoms with van der Waals surface area (Å²) >= 11 is 0. The van der Waals surface area contributed by atoms with Gasteiger partial charge in [0.05, 0.1) is 6.54 Å². The van der Waals surface area contributed by atoms with Gasteiger partial charge in [-0.15, -0.1) is 0 Å². The highest BCUT2D eigenvalue weighted by Gasteiger charge is 2.37. The van der Waals surface area contributed by atoms with Crippen LogP contribution in [0.1, 0.15) is 18.1 Å². The first-order valence-corrected chi connectivity index (χ1v) is 4.25. The van der Waals surface area contributed by atoms with Crippen LogP contribution in [0.15, 0.2) is 4.52 Å². The van der Waals surface area contributed by atoms with Crippen molar-refractivity contribution in [1.29, 1.82) is 0 Å². The first kappa shape index (κ1) is 11.9. The predicted molar refractivity (Wildman–Crippen MR) is 42.7 cm³/mol. The average molecular weight is 225 g/mol. The standard InChI is InChI=1S/C7H10F3N3O2/c8-7(9,10)6-12-5(15-13-6)4-11-2-1-3-14/h11,14H,1-4H2. The molecule has 0 aliphatic carbocycles. The van der Waals surface area contributed by atoms with Crippen LogP contribution in [-0.4, -0.2) is 28.4 Å². The Morgan fingerprint density at radius 3 is 2.67 bits per heavy atom. The SMILES string of the molecule is OCCCNCc1nc(C(F)(F)F)no1. The van der Waals surface area contributed by atoms with Crippen LogP contribution in [0, 0.1) is 0 Å². The molecule has 0 saturated heterocycles. The summed E-state index contributed by atoms with van der Waals surface area (Å²) in [4.78, 5) is 3.15. The van der Waals surface area contributed by atoms with E-state index in [1.54, 1.807) is 0 Å². The number of hydrogen-bond donors (Lipinski definition) is 2. The van der Waals surface area contributed by atoms with Gasteiger partial charge in [-0.25, -0.2) is 0 Å². The van der Waals surface area contributed by atoms with Gasteiger partial charge in [-0.3, -0.25) is 0 Å². The second-order valence-corrected chi connectivity index (χ2v) is 2.76. The van der Waals surface area contributed by atoms with Gasteiger partial charge in [0.25, 0.3) is 5.82 Å². The maximum absolute atomic E-state index is 12.0. The van der Waals surface area contributed by atoms with Crippen LogP contribution in [0.3, 0.4) is 0 Å². The Morgan fingerprint density at radius 2 is 2.13 bits per heavy atom. The summed E-state index contributed by atoms with van der Waals surface area (Å²) in [5, 5.41) is 14.0. The Labute approximate surface area is 83.3 Å². The van der Waals surface area contributed by atoms with Crippen molar-refractivity contribution in [2.45, 2.75) is 19.1 Å². The molecule has 0 fully saturated rings. The van der Waals surface area contributed by atoms with E-state index >= 15 is 0 Å². The highest BCUT2D eigenvalue weighted by molar-refractivity contribution is 4.90. The van der Waals surface area contributed by atoms with Gasteiger partial charge in [0.1, 0.15) is 0 Å². The average Bonchev–Trinajstić information content (AvgIpc) is 2.60. The van der Waals surface area contributed by atoms with Crippen molar-refractivity contribution in [2.75, 3.05) is 13.2 Å². The zero-order chi connectivity index (χ0) is 11.3. The molecular formula is C7H10F3N3O2. The summed E-state index contributed by atoms with van der Waals surface area (Å²) in [6.07, 6.45) is -4.06. The molecule has 0 unspecified atom stereocenters. The Morgan fingerprint density at radius 1 is 1.40 bits per heavy atom. The van der Waals surface area contributed by atoms with Crippen LogP contribution >= 0.6 is 0 Å². The molecule has 1 aromatic rings. The van der Waals surface area contributed by atoms with Gasteiger partial charge in [-0.05, 0) is 13.0 Å². The van der Waals surface area contributed by atoms with Gasteiger partial charge in [-0.2, -0.15) is 18.2 Å². The molecule has 1 heterocycles. The summed E-state index contributed by atoms with van der Waals surface area (Å²) in [6, 6.07) is 0. The number of nitrogens with one attached hydrogen (secondary N) is 1. The monoisotopic (exact) mass is 225 g/mol. The Balaban J connectivity index is 2.40. The first-order chi connectivity index (χ1) is 7.04. The number of rotatable bonds is 5. The first-order valence-electron chi connectivity index (χ1n) is 4.25. The van der Waals surface area contributed by atoms with Crippen molar-refractivity contribution in [1.82, 2.24) is 15.5 Å². The van der Waals surface area contributed by atoms with E-state index in [1.165, 1.54) is 0 Å². The van der Waals surface area contributed by atoms with Crippen LogP contribution < -0.4 is 5.32 Å². The number of aromatic nitrogens is 2. The molecule has 2 N–H and O–H groups in total. The third kappa shape index (κ3) is 3.84. The fraction of sp³-hybridized carbons (Fsp3) is 0.714. The lowest BCUT2D eigenvalue weighted by molar-refractivity contribution is -0.146. The lowest BCUT2D eigenvalue weighted by Gasteiger charge is -1.98. The minimum atomic E-state index is -4.58. The topological polar surface area (TPSA) is 71.2 Å². The lowest BCUT2D eigenvalue weighted by Crippen LogP contribution is -2.16. The van der Waals surface area contributed by atoms with Crippen LogP contribution in [-0.2, 0) is 12.7 Å². The molecule has 0 spiro atoms. The normalized spacial score (nSPS) is 12.0. The number of halogens is 3. The predicted octanol–water partition coefficient (Wildman–Crippen LogP) is 0.560. The molecular weight excluding hydrogens is 215 g/mol. The lowest BCUT2D eigenvalue weighted by atomic mass is 10.4. The molecule has 0 saturated carbocycles. The van der Waals surface area contributed by atoms with Gasteiger partial charge in [-0.1, -0.05) is 5.16 Å². The third-order valence-electron chi connectivity index (χ3n) is 1.51. The molecule has 0 aliphatic rings. The second-order valence-electron chi connectivity index (χ2n) is 2.76. The molecule has 1 rings (SSSR count). The number of alkyl halides is 3. The molecule has 8 heteroatoms. The van der Waals surface area contributed by atoms with Crippen molar-refractivity contribution >= 4 is 0 Å². The summed E-state index contributed by atoms with van der Waals surface area (Å²) in [6.45, 7) is 0.550. The van der Waals surface area contributed by atoms with Crippen molar-refractivity contribution < 1.29 is 22.8 Å². The van der Waals surface area contributed by atoms with E-state index in [0.29, 0.717) is 13.0 Å². The molecule has 1 aromatic heterocycles. The summed E-state index contributed by atoms with van der Waals surface area (Å²) in [5.41, 5.74) is 0. The minimum absolute atomic E-state index is 0.0185. The van der Waals surface area contributed by atoms with E-state index in [4.69, 9.17) is 5.11 Å². The van der Waals surface area contributed by atoms with Crippen LogP contribution in [0.2, 0.25) is 0 Å². The van der Waals surface area contributed by atoms with E-state index in [1.807, 2.05) is 0 Å². The highest BCUT2D eigenvalue weighted by Crippen LogP contribution is 2.26. The van der Waals surface area contributed by atoms with E-state index < -0.39 is 12.0 Å². The van der Waals surface area contributed by atoms with Gasteiger partial charge in [0.2, 0.25) is 5.89 Å². The molecule has 0 radical (unpaired) electrons. The van der Waals surface area contributed by atoms with Crippen LogP contribution in [0.5, 0.6) is 0 Å². The Hall–Kier alpha value is -1.15. The summed E-state index contributed by atoms with van der Waals surface area (Å²) in [7, 11) is 0. The quantitative estimate of drug-likeness (QED) is 0.716. The number of aliphatic hydroxyl groups is 1. The van der Waals surface area contributed by atoms with Gasteiger partial charge in [0, 0.05) is 6.61 Å². The molecule has 0 aliphatic heterocycles. The highest BCUT2D eigenvalue weighted by atomic mass is 19.4. The molecule has 15 heavy (non-hydrogen) atoms. The van der Waals surface area contributed by atoms with Crippen molar-refractivity contribution in [3.8, 4) is 0 Å². The van der Waals surface area contributed by atoms with Crippen LogP contribution in [0.25, 0.3) is 0 Å². The van der Waals surface area contributed by atoms with Crippen molar-refractivity contribution in [3.05, 3.63) is 11.7 Å². The zero-order valence-electron chi connectivity index (χ0n) is 7.71. The van der Waals surface area contributed by atoms with Gasteiger partial charge in [0.15, 0.2) is 0 Å². The Bertz CT molecular complexity index is 300.